The number of carboxylic acid groups (broad SMARTS) is 1. The number of sulfone groups is 1. The molecular formula is C21H34N2O5S. The Hall–Kier alpha value is -1.93. The molecule has 1 aromatic carbocycles. The van der Waals surface area contributed by atoms with Crippen molar-refractivity contribution in [2.24, 2.45) is 0 Å². The van der Waals surface area contributed by atoms with E-state index >= 15 is 0 Å². The second kappa shape index (κ2) is 13.3. The summed E-state index contributed by atoms with van der Waals surface area (Å²) in [6.07, 6.45) is 5.32. The molecule has 1 aromatic rings. The van der Waals surface area contributed by atoms with Crippen molar-refractivity contribution in [3.63, 3.8) is 0 Å². The number of likely N-dealkylation sites (N-methyl/N-ethyl adjacent to an activating group) is 1. The molecule has 0 aliphatic rings. The number of carboxylic acids is 1. The minimum atomic E-state index is -3.20. The van der Waals surface area contributed by atoms with Gasteiger partial charge in [-0.15, -0.1) is 0 Å². The fourth-order valence-electron chi connectivity index (χ4n) is 3.14. The molecule has 2 N–H and O–H groups in total. The Morgan fingerprint density at radius 1 is 1.00 bits per heavy atom. The zero-order chi connectivity index (χ0) is 21.7. The highest BCUT2D eigenvalue weighted by Gasteiger charge is 2.16. The number of carbonyl (C=O) groups is 2. The van der Waals surface area contributed by atoms with Crippen LogP contribution in [-0.4, -0.2) is 62.7 Å². The predicted molar refractivity (Wildman–Crippen MR) is 114 cm³/mol. The van der Waals surface area contributed by atoms with Crippen LogP contribution in [0.15, 0.2) is 35.2 Å². The molecule has 0 aliphatic carbocycles. The maximum absolute atomic E-state index is 12.2. The largest absolute Gasteiger partial charge is 0.481 e. The van der Waals surface area contributed by atoms with E-state index in [1.807, 2.05) is 19.0 Å². The Bertz CT molecular complexity index is 720. The zero-order valence-corrected chi connectivity index (χ0v) is 18.3. The maximum atomic E-state index is 12.2. The van der Waals surface area contributed by atoms with Crippen LogP contribution in [0.5, 0.6) is 0 Å². The summed E-state index contributed by atoms with van der Waals surface area (Å²) in [6, 6.07) is 8.12. The van der Waals surface area contributed by atoms with Crippen molar-refractivity contribution >= 4 is 21.7 Å². The lowest BCUT2D eigenvalue weighted by atomic mass is 10.1. The number of hydrogen-bond acceptors (Lipinski definition) is 5. The van der Waals surface area contributed by atoms with Gasteiger partial charge in [0.25, 0.3) is 0 Å². The summed E-state index contributed by atoms with van der Waals surface area (Å²) in [6.45, 7) is 0.490. The normalized spacial score (nSPS) is 12.7. The lowest BCUT2D eigenvalue weighted by Crippen LogP contribution is -2.42. The molecule has 29 heavy (non-hydrogen) atoms. The average molecular weight is 427 g/mol. The number of aliphatic carboxylic acids is 1. The molecule has 1 atom stereocenters. The van der Waals surface area contributed by atoms with E-state index < -0.39 is 15.8 Å². The number of benzene rings is 1. The van der Waals surface area contributed by atoms with Crippen LogP contribution in [0, 0.1) is 0 Å². The molecule has 0 fully saturated rings. The molecular weight excluding hydrogens is 392 g/mol. The molecule has 8 heteroatoms. The van der Waals surface area contributed by atoms with Crippen LogP contribution in [0.3, 0.4) is 0 Å². The van der Waals surface area contributed by atoms with Crippen molar-refractivity contribution in [1.29, 1.82) is 0 Å². The van der Waals surface area contributed by atoms with Crippen LogP contribution in [0.2, 0.25) is 0 Å². The summed E-state index contributed by atoms with van der Waals surface area (Å²) in [5.74, 6) is -0.880. The molecule has 0 saturated heterocycles. The molecule has 0 radical (unpaired) electrons. The first kappa shape index (κ1) is 25.1. The van der Waals surface area contributed by atoms with Crippen molar-refractivity contribution in [3.05, 3.63) is 30.3 Å². The molecule has 0 heterocycles. The van der Waals surface area contributed by atoms with Gasteiger partial charge in [-0.2, -0.15) is 0 Å². The summed E-state index contributed by atoms with van der Waals surface area (Å²) in [5.41, 5.74) is 0. The molecule has 0 aromatic heterocycles. The van der Waals surface area contributed by atoms with Crippen molar-refractivity contribution in [1.82, 2.24) is 10.2 Å². The van der Waals surface area contributed by atoms with E-state index in [2.05, 4.69) is 5.32 Å². The molecule has 0 saturated carbocycles. The van der Waals surface area contributed by atoms with Gasteiger partial charge in [-0.25, -0.2) is 8.42 Å². The molecule has 1 amide bonds. The third-order valence-electron chi connectivity index (χ3n) is 4.54. The predicted octanol–water partition coefficient (Wildman–Crippen LogP) is 2.71. The number of nitrogens with zero attached hydrogens (tertiary/aromatic N) is 1. The maximum Gasteiger partial charge on any atom is 0.305 e. The van der Waals surface area contributed by atoms with Gasteiger partial charge < -0.3 is 15.3 Å². The number of carbonyl (C=O) groups excluding carboxylic acids is 1. The SMILES string of the molecule is CN(C)CC(CC(=O)O)NC(=O)CCCCCCCCS(=O)(=O)c1ccccc1. The van der Waals surface area contributed by atoms with E-state index in [4.69, 9.17) is 5.11 Å². The second-order valence-electron chi connectivity index (χ2n) is 7.63. The lowest BCUT2D eigenvalue weighted by molar-refractivity contribution is -0.137. The van der Waals surface area contributed by atoms with Gasteiger partial charge in [0.2, 0.25) is 5.91 Å². The fraction of sp³-hybridized carbons (Fsp3) is 0.619. The van der Waals surface area contributed by atoms with Crippen LogP contribution in [0.25, 0.3) is 0 Å². The summed E-state index contributed by atoms with van der Waals surface area (Å²) in [5, 5.41) is 11.7. The second-order valence-corrected chi connectivity index (χ2v) is 9.74. The molecule has 7 nitrogen and oxygen atoms in total. The zero-order valence-electron chi connectivity index (χ0n) is 17.5. The fourth-order valence-corrected chi connectivity index (χ4v) is 4.53. The Morgan fingerprint density at radius 2 is 1.59 bits per heavy atom. The van der Waals surface area contributed by atoms with E-state index in [0.29, 0.717) is 24.3 Å². The smallest absolute Gasteiger partial charge is 0.305 e. The van der Waals surface area contributed by atoms with E-state index in [1.54, 1.807) is 30.3 Å². The molecule has 1 rings (SSSR count). The van der Waals surface area contributed by atoms with Crippen molar-refractivity contribution in [3.8, 4) is 0 Å². The molecule has 1 unspecified atom stereocenters. The monoisotopic (exact) mass is 426 g/mol. The van der Waals surface area contributed by atoms with Crippen molar-refractivity contribution in [2.45, 2.75) is 62.3 Å². The summed E-state index contributed by atoms with van der Waals surface area (Å²) < 4.78 is 24.4. The molecule has 0 bridgehead atoms. The van der Waals surface area contributed by atoms with Crippen molar-refractivity contribution in [2.75, 3.05) is 26.4 Å². The first-order valence-corrected chi connectivity index (χ1v) is 11.8. The number of unbranched alkanes of at least 4 members (excludes halogenated alkanes) is 5. The minimum absolute atomic E-state index is 0.0875. The van der Waals surface area contributed by atoms with E-state index in [-0.39, 0.29) is 24.1 Å². The highest BCUT2D eigenvalue weighted by molar-refractivity contribution is 7.91. The Balaban J connectivity index is 2.14. The summed E-state index contributed by atoms with van der Waals surface area (Å²) in [7, 11) is 0.483. The Morgan fingerprint density at radius 3 is 2.17 bits per heavy atom. The van der Waals surface area contributed by atoms with Gasteiger partial charge in [0.05, 0.1) is 23.1 Å². The first-order valence-electron chi connectivity index (χ1n) is 10.1. The van der Waals surface area contributed by atoms with Crippen LogP contribution >= 0.6 is 0 Å². The summed E-state index contributed by atoms with van der Waals surface area (Å²) >= 11 is 0. The average Bonchev–Trinajstić information content (AvgIpc) is 2.63. The number of rotatable bonds is 15. The number of amides is 1. The standard InChI is InChI=1S/C21H34N2O5S/c1-23(2)17-18(16-21(25)26)22-20(24)14-10-5-3-4-6-11-15-29(27,28)19-12-8-7-9-13-19/h7-9,12-13,18H,3-6,10-11,14-17H2,1-2H3,(H,22,24)(H,25,26). The quantitative estimate of drug-likeness (QED) is 0.418. The topological polar surface area (TPSA) is 104 Å². The highest BCUT2D eigenvalue weighted by atomic mass is 32.2. The van der Waals surface area contributed by atoms with E-state index in [0.717, 1.165) is 32.1 Å². The molecule has 164 valence electrons. The number of hydrogen-bond donors (Lipinski definition) is 2. The third-order valence-corrected chi connectivity index (χ3v) is 6.36. The Kier molecular flexibility index (Phi) is 11.5. The van der Waals surface area contributed by atoms with Gasteiger partial charge in [0, 0.05) is 13.0 Å². The van der Waals surface area contributed by atoms with Crippen molar-refractivity contribution < 1.29 is 23.1 Å². The molecule has 0 aliphatic heterocycles. The van der Waals surface area contributed by atoms with Crippen LogP contribution in [0.4, 0.5) is 0 Å². The Labute approximate surface area is 174 Å². The van der Waals surface area contributed by atoms with E-state index in [1.165, 1.54) is 0 Å². The van der Waals surface area contributed by atoms with Gasteiger partial charge in [0.15, 0.2) is 9.84 Å². The highest BCUT2D eigenvalue weighted by Crippen LogP contribution is 2.14. The van der Waals surface area contributed by atoms with Gasteiger partial charge in [0.1, 0.15) is 0 Å². The van der Waals surface area contributed by atoms with Crippen LogP contribution < -0.4 is 5.32 Å². The minimum Gasteiger partial charge on any atom is -0.481 e. The van der Waals surface area contributed by atoms with Crippen LogP contribution in [0.1, 0.15) is 51.4 Å². The third kappa shape index (κ3) is 11.6. The van der Waals surface area contributed by atoms with Gasteiger partial charge in [-0.1, -0.05) is 43.9 Å². The summed E-state index contributed by atoms with van der Waals surface area (Å²) in [4.78, 5) is 25.1. The first-order chi connectivity index (χ1) is 13.7. The van der Waals surface area contributed by atoms with E-state index in [9.17, 15) is 18.0 Å². The lowest BCUT2D eigenvalue weighted by Gasteiger charge is -2.20. The van der Waals surface area contributed by atoms with Crippen LogP contribution in [-0.2, 0) is 19.4 Å². The van der Waals surface area contributed by atoms with Gasteiger partial charge in [-0.05, 0) is 39.1 Å². The van der Waals surface area contributed by atoms with Gasteiger partial charge >= 0.3 is 5.97 Å². The van der Waals surface area contributed by atoms with Gasteiger partial charge in [-0.3, -0.25) is 9.59 Å². The number of nitrogens with one attached hydrogen (secondary N) is 1. The molecule has 0 spiro atoms.